The highest BCUT2D eigenvalue weighted by atomic mass is 19.1. The van der Waals surface area contributed by atoms with Gasteiger partial charge >= 0.3 is 5.97 Å². The molecule has 1 aromatic heterocycles. The van der Waals surface area contributed by atoms with Crippen molar-refractivity contribution < 1.29 is 14.3 Å². The monoisotopic (exact) mass is 220 g/mol. The number of benzene rings is 1. The average molecular weight is 220 g/mol. The zero-order valence-electron chi connectivity index (χ0n) is 8.35. The SMILES string of the molecule is C=Cn1nc(CC(=O)O)c2ccc(F)cc21. The van der Waals surface area contributed by atoms with Crippen LogP contribution in [0.25, 0.3) is 17.1 Å². The molecule has 0 saturated carbocycles. The van der Waals surface area contributed by atoms with Crippen LogP contribution < -0.4 is 0 Å². The Hall–Kier alpha value is -2.17. The minimum absolute atomic E-state index is 0.191. The molecule has 2 aromatic rings. The fourth-order valence-corrected chi connectivity index (χ4v) is 1.59. The fraction of sp³-hybridized carbons (Fsp3) is 0.0909. The average Bonchev–Trinajstić information content (AvgIpc) is 2.55. The second-order valence-corrected chi connectivity index (χ2v) is 3.31. The second-order valence-electron chi connectivity index (χ2n) is 3.31. The lowest BCUT2D eigenvalue weighted by Crippen LogP contribution is -2.01. The van der Waals surface area contributed by atoms with Crippen molar-refractivity contribution in [3.05, 3.63) is 36.3 Å². The summed E-state index contributed by atoms with van der Waals surface area (Å²) in [5, 5.41) is 13.4. The van der Waals surface area contributed by atoms with Crippen LogP contribution in [0.2, 0.25) is 0 Å². The van der Waals surface area contributed by atoms with E-state index in [4.69, 9.17) is 5.11 Å². The molecule has 1 aromatic carbocycles. The lowest BCUT2D eigenvalue weighted by molar-refractivity contribution is -0.136. The van der Waals surface area contributed by atoms with Crippen LogP contribution in [-0.4, -0.2) is 20.9 Å². The van der Waals surface area contributed by atoms with E-state index >= 15 is 0 Å². The number of hydrogen-bond acceptors (Lipinski definition) is 2. The number of rotatable bonds is 3. The summed E-state index contributed by atoms with van der Waals surface area (Å²) in [6.45, 7) is 3.53. The van der Waals surface area contributed by atoms with Gasteiger partial charge in [0.25, 0.3) is 0 Å². The van der Waals surface area contributed by atoms with Gasteiger partial charge in [-0.05, 0) is 12.1 Å². The van der Waals surface area contributed by atoms with E-state index in [0.717, 1.165) is 0 Å². The number of halogens is 1. The zero-order chi connectivity index (χ0) is 11.7. The maximum atomic E-state index is 13.0. The van der Waals surface area contributed by atoms with Crippen molar-refractivity contribution in [2.24, 2.45) is 0 Å². The van der Waals surface area contributed by atoms with E-state index in [0.29, 0.717) is 16.6 Å². The Bertz CT molecular complexity index is 575. The Morgan fingerprint density at radius 3 is 3.00 bits per heavy atom. The van der Waals surface area contributed by atoms with E-state index in [1.807, 2.05) is 0 Å². The van der Waals surface area contributed by atoms with Crippen LogP contribution in [0.4, 0.5) is 4.39 Å². The first-order chi connectivity index (χ1) is 7.61. The van der Waals surface area contributed by atoms with Crippen molar-refractivity contribution in [1.29, 1.82) is 0 Å². The van der Waals surface area contributed by atoms with Gasteiger partial charge in [-0.1, -0.05) is 6.58 Å². The minimum Gasteiger partial charge on any atom is -0.481 e. The molecule has 0 bridgehead atoms. The van der Waals surface area contributed by atoms with Gasteiger partial charge in [-0.3, -0.25) is 4.79 Å². The third-order valence-electron chi connectivity index (χ3n) is 2.24. The summed E-state index contributed by atoms with van der Waals surface area (Å²) in [5.41, 5.74) is 0.925. The summed E-state index contributed by atoms with van der Waals surface area (Å²) in [5.74, 6) is -1.36. The van der Waals surface area contributed by atoms with Crippen molar-refractivity contribution in [3.63, 3.8) is 0 Å². The van der Waals surface area contributed by atoms with Crippen molar-refractivity contribution in [3.8, 4) is 0 Å². The van der Waals surface area contributed by atoms with Crippen LogP contribution in [-0.2, 0) is 11.2 Å². The van der Waals surface area contributed by atoms with Gasteiger partial charge in [0.2, 0.25) is 0 Å². The van der Waals surface area contributed by atoms with E-state index in [1.54, 1.807) is 0 Å². The normalized spacial score (nSPS) is 10.6. The molecule has 1 heterocycles. The molecule has 0 aliphatic heterocycles. The van der Waals surface area contributed by atoms with Crippen LogP contribution in [0, 0.1) is 5.82 Å². The topological polar surface area (TPSA) is 55.1 Å². The summed E-state index contributed by atoms with van der Waals surface area (Å²) in [7, 11) is 0. The number of carboxylic acids is 1. The highest BCUT2D eigenvalue weighted by molar-refractivity contribution is 5.86. The van der Waals surface area contributed by atoms with Crippen LogP contribution in [0.1, 0.15) is 5.69 Å². The molecule has 16 heavy (non-hydrogen) atoms. The van der Waals surface area contributed by atoms with Crippen molar-refractivity contribution in [2.75, 3.05) is 0 Å². The molecule has 1 N–H and O–H groups in total. The van der Waals surface area contributed by atoms with Gasteiger partial charge in [-0.2, -0.15) is 5.10 Å². The zero-order valence-corrected chi connectivity index (χ0v) is 8.35. The largest absolute Gasteiger partial charge is 0.481 e. The van der Waals surface area contributed by atoms with E-state index in [2.05, 4.69) is 11.7 Å². The molecule has 2 rings (SSSR count). The molecule has 0 atom stereocenters. The van der Waals surface area contributed by atoms with Gasteiger partial charge in [0, 0.05) is 17.7 Å². The lowest BCUT2D eigenvalue weighted by Gasteiger charge is -1.94. The van der Waals surface area contributed by atoms with E-state index in [1.165, 1.54) is 29.1 Å². The van der Waals surface area contributed by atoms with Gasteiger partial charge in [0.05, 0.1) is 17.6 Å². The molecular weight excluding hydrogens is 211 g/mol. The lowest BCUT2D eigenvalue weighted by atomic mass is 10.1. The number of nitrogens with zero attached hydrogens (tertiary/aromatic N) is 2. The first kappa shape index (κ1) is 10.4. The second kappa shape index (κ2) is 3.77. The van der Waals surface area contributed by atoms with Crippen LogP contribution >= 0.6 is 0 Å². The third kappa shape index (κ3) is 1.67. The van der Waals surface area contributed by atoms with Gasteiger partial charge < -0.3 is 5.11 Å². The molecule has 4 nitrogen and oxygen atoms in total. The standard InChI is InChI=1S/C11H9FN2O2/c1-2-14-10-5-7(12)3-4-8(10)9(13-14)6-11(15)16/h2-5H,1,6H2,(H,15,16). The summed E-state index contributed by atoms with van der Waals surface area (Å²) in [6.07, 6.45) is 1.22. The van der Waals surface area contributed by atoms with Gasteiger partial charge in [0.15, 0.2) is 0 Å². The van der Waals surface area contributed by atoms with Crippen LogP contribution in [0.5, 0.6) is 0 Å². The van der Waals surface area contributed by atoms with Gasteiger partial charge in [-0.15, -0.1) is 0 Å². The Morgan fingerprint density at radius 2 is 2.38 bits per heavy atom. The Kier molecular flexibility index (Phi) is 2.44. The predicted molar refractivity (Wildman–Crippen MR) is 57.4 cm³/mol. The maximum absolute atomic E-state index is 13.0. The number of carboxylic acid groups (broad SMARTS) is 1. The first-order valence-electron chi connectivity index (χ1n) is 4.63. The molecule has 0 saturated heterocycles. The summed E-state index contributed by atoms with van der Waals surface area (Å²) < 4.78 is 14.4. The number of carbonyl (C=O) groups is 1. The van der Waals surface area contributed by atoms with E-state index in [-0.39, 0.29) is 6.42 Å². The number of hydrogen-bond donors (Lipinski definition) is 1. The van der Waals surface area contributed by atoms with Crippen LogP contribution in [0.15, 0.2) is 24.8 Å². The molecule has 0 fully saturated rings. The molecule has 0 unspecified atom stereocenters. The maximum Gasteiger partial charge on any atom is 0.309 e. The molecule has 0 aliphatic carbocycles. The van der Waals surface area contributed by atoms with Crippen molar-refractivity contribution in [1.82, 2.24) is 9.78 Å². The first-order valence-corrected chi connectivity index (χ1v) is 4.63. The van der Waals surface area contributed by atoms with Gasteiger partial charge in [0.1, 0.15) is 5.82 Å². The van der Waals surface area contributed by atoms with Gasteiger partial charge in [-0.25, -0.2) is 9.07 Å². The third-order valence-corrected chi connectivity index (χ3v) is 2.24. The Labute approximate surface area is 90.6 Å². The molecular formula is C11H9FN2O2. The quantitative estimate of drug-likeness (QED) is 0.859. The summed E-state index contributed by atoms with van der Waals surface area (Å²) in [6, 6.07) is 4.11. The van der Waals surface area contributed by atoms with Crippen LogP contribution in [0.3, 0.4) is 0 Å². The van der Waals surface area contributed by atoms with E-state index in [9.17, 15) is 9.18 Å². The predicted octanol–water partition coefficient (Wildman–Crippen LogP) is 1.90. The molecule has 0 amide bonds. The molecule has 5 heteroatoms. The smallest absolute Gasteiger partial charge is 0.309 e. The number of aromatic nitrogens is 2. The minimum atomic E-state index is -0.972. The summed E-state index contributed by atoms with van der Waals surface area (Å²) >= 11 is 0. The highest BCUT2D eigenvalue weighted by Crippen LogP contribution is 2.20. The molecule has 82 valence electrons. The molecule has 0 spiro atoms. The summed E-state index contributed by atoms with van der Waals surface area (Å²) in [4.78, 5) is 10.6. The van der Waals surface area contributed by atoms with Crippen molar-refractivity contribution in [2.45, 2.75) is 6.42 Å². The molecule has 0 radical (unpaired) electrons. The highest BCUT2D eigenvalue weighted by Gasteiger charge is 2.12. The Morgan fingerprint density at radius 1 is 1.62 bits per heavy atom. The fourth-order valence-electron chi connectivity index (χ4n) is 1.59. The number of fused-ring (bicyclic) bond motifs is 1. The molecule has 0 aliphatic rings. The van der Waals surface area contributed by atoms with Crippen molar-refractivity contribution >= 4 is 23.1 Å². The number of aliphatic carboxylic acids is 1. The Balaban J connectivity index is 2.67. The van der Waals surface area contributed by atoms with E-state index < -0.39 is 11.8 Å².